The minimum absolute atomic E-state index is 0.278. The number of aromatic nitrogens is 3. The third-order valence-corrected chi connectivity index (χ3v) is 3.75. The third-order valence-electron chi connectivity index (χ3n) is 3.75. The van der Waals surface area contributed by atoms with E-state index in [1.54, 1.807) is 43.7 Å². The number of nitrogens with zero attached hydrogens (tertiary/aromatic N) is 3. The molecule has 0 bridgehead atoms. The minimum Gasteiger partial charge on any atom is -0.383 e. The first kappa shape index (κ1) is 15.7. The quantitative estimate of drug-likeness (QED) is 0.769. The van der Waals surface area contributed by atoms with Crippen molar-refractivity contribution < 1.29 is 9.18 Å². The molecule has 0 saturated carbocycles. The molecule has 0 saturated heterocycles. The molecule has 2 heterocycles. The molecule has 1 atom stereocenters. The highest BCUT2D eigenvalue weighted by molar-refractivity contribution is 5.98. The molecule has 0 aliphatic heterocycles. The van der Waals surface area contributed by atoms with Crippen LogP contribution in [0, 0.1) is 5.82 Å². The Bertz CT molecular complexity index is 845. The van der Waals surface area contributed by atoms with Crippen LogP contribution in [-0.2, 0) is 7.05 Å². The molecule has 0 aliphatic carbocycles. The lowest BCUT2D eigenvalue weighted by Crippen LogP contribution is -2.29. The van der Waals surface area contributed by atoms with Crippen molar-refractivity contribution in [1.82, 2.24) is 20.1 Å². The third kappa shape index (κ3) is 3.10. The van der Waals surface area contributed by atoms with Crippen LogP contribution in [-0.4, -0.2) is 20.7 Å². The van der Waals surface area contributed by atoms with Crippen LogP contribution in [0.1, 0.15) is 27.5 Å². The van der Waals surface area contributed by atoms with Crippen LogP contribution in [0.15, 0.2) is 55.0 Å². The molecule has 24 heavy (non-hydrogen) atoms. The second kappa shape index (κ2) is 6.49. The van der Waals surface area contributed by atoms with E-state index in [1.807, 2.05) is 0 Å². The van der Waals surface area contributed by atoms with Crippen molar-refractivity contribution in [1.29, 1.82) is 0 Å². The highest BCUT2D eigenvalue weighted by Crippen LogP contribution is 2.23. The number of benzene rings is 1. The van der Waals surface area contributed by atoms with Gasteiger partial charge in [-0.25, -0.2) is 4.39 Å². The molecule has 7 heteroatoms. The Morgan fingerprint density at radius 2 is 1.79 bits per heavy atom. The van der Waals surface area contributed by atoms with Crippen molar-refractivity contribution in [3.05, 3.63) is 77.5 Å². The highest BCUT2D eigenvalue weighted by atomic mass is 19.1. The van der Waals surface area contributed by atoms with Gasteiger partial charge in [0.1, 0.15) is 17.2 Å². The van der Waals surface area contributed by atoms with Gasteiger partial charge in [-0.05, 0) is 35.4 Å². The van der Waals surface area contributed by atoms with Crippen molar-refractivity contribution in [2.24, 2.45) is 7.05 Å². The summed E-state index contributed by atoms with van der Waals surface area (Å²) in [6, 6.07) is 9.10. The molecule has 3 rings (SSSR count). The fraction of sp³-hybridized carbons (Fsp3) is 0.118. The molecular weight excluding hydrogens is 309 g/mol. The van der Waals surface area contributed by atoms with Gasteiger partial charge in [0, 0.05) is 19.4 Å². The van der Waals surface area contributed by atoms with Gasteiger partial charge in [0.05, 0.1) is 12.2 Å². The number of anilines is 1. The maximum Gasteiger partial charge on any atom is 0.257 e. The summed E-state index contributed by atoms with van der Waals surface area (Å²) in [4.78, 5) is 16.6. The Morgan fingerprint density at radius 3 is 2.38 bits per heavy atom. The summed E-state index contributed by atoms with van der Waals surface area (Å²) in [6.45, 7) is 0. The average Bonchev–Trinajstić information content (AvgIpc) is 2.94. The van der Waals surface area contributed by atoms with E-state index in [-0.39, 0.29) is 17.5 Å². The van der Waals surface area contributed by atoms with Crippen LogP contribution in [0.5, 0.6) is 0 Å². The second-order valence-electron chi connectivity index (χ2n) is 5.31. The number of carbonyl (C=O) groups is 1. The molecule has 2 aromatic heterocycles. The van der Waals surface area contributed by atoms with E-state index in [0.717, 1.165) is 11.1 Å². The molecule has 6 nitrogen and oxygen atoms in total. The van der Waals surface area contributed by atoms with Gasteiger partial charge in [-0.2, -0.15) is 5.10 Å². The first-order valence-corrected chi connectivity index (χ1v) is 7.30. The summed E-state index contributed by atoms with van der Waals surface area (Å²) in [5.74, 6) is -0.415. The summed E-state index contributed by atoms with van der Waals surface area (Å²) in [5, 5.41) is 6.89. The second-order valence-corrected chi connectivity index (χ2v) is 5.31. The van der Waals surface area contributed by atoms with Crippen LogP contribution in [0.25, 0.3) is 0 Å². The summed E-state index contributed by atoms with van der Waals surface area (Å²) in [5.41, 5.74) is 7.72. The summed E-state index contributed by atoms with van der Waals surface area (Å²) in [6.07, 6.45) is 4.69. The number of pyridine rings is 1. The molecule has 122 valence electrons. The zero-order chi connectivity index (χ0) is 17.1. The Kier molecular flexibility index (Phi) is 4.24. The number of amides is 1. The molecular formula is C17H16FN5O. The van der Waals surface area contributed by atoms with Gasteiger partial charge in [0.25, 0.3) is 5.91 Å². The fourth-order valence-electron chi connectivity index (χ4n) is 2.40. The molecule has 1 unspecified atom stereocenters. The molecule has 0 spiro atoms. The number of nitrogens with one attached hydrogen (secondary N) is 1. The number of aryl methyl sites for hydroxylation is 1. The molecule has 0 aliphatic rings. The predicted octanol–water partition coefficient (Wildman–Crippen LogP) is 2.06. The van der Waals surface area contributed by atoms with E-state index in [9.17, 15) is 9.18 Å². The van der Waals surface area contributed by atoms with Crippen LogP contribution in [0.3, 0.4) is 0 Å². The van der Waals surface area contributed by atoms with Crippen molar-refractivity contribution in [2.45, 2.75) is 6.04 Å². The van der Waals surface area contributed by atoms with Crippen LogP contribution >= 0.6 is 0 Å². The first-order chi connectivity index (χ1) is 11.6. The van der Waals surface area contributed by atoms with Gasteiger partial charge in [-0.15, -0.1) is 0 Å². The van der Waals surface area contributed by atoms with Gasteiger partial charge in [-0.1, -0.05) is 12.1 Å². The van der Waals surface area contributed by atoms with Gasteiger partial charge in [-0.3, -0.25) is 14.5 Å². The Morgan fingerprint density at radius 1 is 1.17 bits per heavy atom. The smallest absolute Gasteiger partial charge is 0.257 e. The average molecular weight is 325 g/mol. The lowest BCUT2D eigenvalue weighted by Gasteiger charge is -2.19. The summed E-state index contributed by atoms with van der Waals surface area (Å²) >= 11 is 0. The van der Waals surface area contributed by atoms with Crippen molar-refractivity contribution in [2.75, 3.05) is 5.73 Å². The van der Waals surface area contributed by atoms with E-state index in [2.05, 4.69) is 15.4 Å². The highest BCUT2D eigenvalue weighted by Gasteiger charge is 2.20. The molecule has 0 radical (unpaired) electrons. The Labute approximate surface area is 138 Å². The van der Waals surface area contributed by atoms with Crippen molar-refractivity contribution >= 4 is 11.7 Å². The van der Waals surface area contributed by atoms with Gasteiger partial charge in [0.2, 0.25) is 0 Å². The molecule has 0 fully saturated rings. The largest absolute Gasteiger partial charge is 0.383 e. The number of rotatable bonds is 4. The fourth-order valence-corrected chi connectivity index (χ4v) is 2.40. The number of nitrogens with two attached hydrogens (primary N) is 1. The van der Waals surface area contributed by atoms with E-state index in [1.165, 1.54) is 23.0 Å². The molecule has 1 aromatic carbocycles. The van der Waals surface area contributed by atoms with Crippen LogP contribution in [0.2, 0.25) is 0 Å². The first-order valence-electron chi connectivity index (χ1n) is 7.30. The number of carbonyl (C=O) groups excluding carboxylic acids is 1. The van der Waals surface area contributed by atoms with E-state index in [4.69, 9.17) is 5.73 Å². The monoisotopic (exact) mass is 325 g/mol. The molecule has 1 amide bonds. The SMILES string of the molecule is Cn1ncc(C(=O)NC(c2ccncc2)c2ccc(F)cc2)c1N. The van der Waals surface area contributed by atoms with Gasteiger partial charge >= 0.3 is 0 Å². The van der Waals surface area contributed by atoms with Gasteiger partial charge in [0.15, 0.2) is 0 Å². The number of hydrogen-bond acceptors (Lipinski definition) is 4. The topological polar surface area (TPSA) is 85.8 Å². The zero-order valence-corrected chi connectivity index (χ0v) is 13.0. The lowest BCUT2D eigenvalue weighted by molar-refractivity contribution is 0.0944. The maximum atomic E-state index is 13.2. The summed E-state index contributed by atoms with van der Waals surface area (Å²) in [7, 11) is 1.66. The van der Waals surface area contributed by atoms with Crippen molar-refractivity contribution in [3.8, 4) is 0 Å². The lowest BCUT2D eigenvalue weighted by atomic mass is 9.99. The normalized spacial score (nSPS) is 11.9. The zero-order valence-electron chi connectivity index (χ0n) is 13.0. The number of halogens is 1. The Hall–Kier alpha value is -3.22. The van der Waals surface area contributed by atoms with E-state index in [0.29, 0.717) is 5.56 Å². The minimum atomic E-state index is -0.458. The molecule has 3 N–H and O–H groups in total. The number of nitrogen functional groups attached to an aromatic ring is 1. The van der Waals surface area contributed by atoms with Crippen LogP contribution in [0.4, 0.5) is 10.2 Å². The van der Waals surface area contributed by atoms with Gasteiger partial charge < -0.3 is 11.1 Å². The standard InChI is InChI=1S/C17H16FN5O/c1-23-16(19)14(10-21-23)17(24)22-15(12-6-8-20-9-7-12)11-2-4-13(18)5-3-11/h2-10,15H,19H2,1H3,(H,22,24). The predicted molar refractivity (Wildman–Crippen MR) is 87.6 cm³/mol. The maximum absolute atomic E-state index is 13.2. The molecule has 3 aromatic rings. The van der Waals surface area contributed by atoms with Crippen LogP contribution < -0.4 is 11.1 Å². The summed E-state index contributed by atoms with van der Waals surface area (Å²) < 4.78 is 14.6. The van der Waals surface area contributed by atoms with E-state index < -0.39 is 6.04 Å². The van der Waals surface area contributed by atoms with E-state index >= 15 is 0 Å². The number of hydrogen-bond donors (Lipinski definition) is 2. The Balaban J connectivity index is 1.95. The van der Waals surface area contributed by atoms with Crippen molar-refractivity contribution in [3.63, 3.8) is 0 Å².